The Hall–Kier alpha value is -1.06. The van der Waals surface area contributed by atoms with Gasteiger partial charge in [0.15, 0.2) is 0 Å². The first kappa shape index (κ1) is 18.7. The van der Waals surface area contributed by atoms with Gasteiger partial charge in [0, 0.05) is 23.7 Å². The minimum Gasteiger partial charge on any atom is -0.352 e. The Morgan fingerprint density at radius 3 is 2.34 bits per heavy atom. The number of amides is 1. The third-order valence-corrected chi connectivity index (χ3v) is 9.11. The Morgan fingerprint density at radius 2 is 1.62 bits per heavy atom. The summed E-state index contributed by atoms with van der Waals surface area (Å²) in [6.07, 6.45) is 11.9. The third-order valence-electron chi connectivity index (χ3n) is 8.86. The molecule has 0 aromatic heterocycles. The van der Waals surface area contributed by atoms with E-state index in [0.29, 0.717) is 23.9 Å². The Labute approximate surface area is 179 Å². The van der Waals surface area contributed by atoms with Crippen molar-refractivity contribution in [1.29, 1.82) is 0 Å². The van der Waals surface area contributed by atoms with Crippen LogP contribution in [0.1, 0.15) is 63.4 Å². The Morgan fingerprint density at radius 1 is 0.897 bits per heavy atom. The minimum atomic E-state index is 0.0711. The van der Waals surface area contributed by atoms with Gasteiger partial charge < -0.3 is 5.32 Å². The number of benzene rings is 1. The van der Waals surface area contributed by atoms with Crippen molar-refractivity contribution < 1.29 is 4.79 Å². The molecule has 1 aromatic rings. The molecular formula is C25H33ClN2O. The lowest BCUT2D eigenvalue weighted by molar-refractivity contribution is -0.129. The molecule has 1 amide bonds. The van der Waals surface area contributed by atoms with E-state index in [0.717, 1.165) is 35.2 Å². The lowest BCUT2D eigenvalue weighted by atomic mass is 9.76. The first-order valence-electron chi connectivity index (χ1n) is 11.9. The van der Waals surface area contributed by atoms with E-state index in [2.05, 4.69) is 22.3 Å². The average Bonchev–Trinajstić information content (AvgIpc) is 3.12. The zero-order valence-corrected chi connectivity index (χ0v) is 18.0. The number of nitrogens with zero attached hydrogens (tertiary/aromatic N) is 1. The second-order valence-electron chi connectivity index (χ2n) is 10.8. The first-order valence-corrected chi connectivity index (χ1v) is 12.3. The fraction of sp³-hybridized carbons (Fsp3) is 0.720. The summed E-state index contributed by atoms with van der Waals surface area (Å²) in [6, 6.07) is 9.22. The van der Waals surface area contributed by atoms with E-state index in [-0.39, 0.29) is 6.04 Å². The quantitative estimate of drug-likeness (QED) is 0.752. The van der Waals surface area contributed by atoms with E-state index < -0.39 is 0 Å². The van der Waals surface area contributed by atoms with Crippen molar-refractivity contribution in [1.82, 2.24) is 10.2 Å². The molecular weight excluding hydrogens is 380 g/mol. The highest BCUT2D eigenvalue weighted by Gasteiger charge is 2.50. The molecule has 0 spiro atoms. The molecule has 1 heterocycles. The summed E-state index contributed by atoms with van der Waals surface area (Å²) in [5, 5.41) is 4.33. The highest BCUT2D eigenvalue weighted by Crippen LogP contribution is 2.54. The van der Waals surface area contributed by atoms with Crippen molar-refractivity contribution in [2.75, 3.05) is 0 Å². The van der Waals surface area contributed by atoms with Gasteiger partial charge in [0.2, 0.25) is 5.91 Å². The van der Waals surface area contributed by atoms with Crippen LogP contribution in [0.4, 0.5) is 0 Å². The molecule has 5 aliphatic rings. The molecule has 1 aliphatic heterocycles. The number of hydrogen-bond donors (Lipinski definition) is 1. The monoisotopic (exact) mass is 412 g/mol. The predicted molar refractivity (Wildman–Crippen MR) is 116 cm³/mol. The molecule has 1 saturated heterocycles. The van der Waals surface area contributed by atoms with Crippen LogP contribution >= 0.6 is 11.6 Å². The summed E-state index contributed by atoms with van der Waals surface area (Å²) in [7, 11) is 0. The SMILES string of the molecule is O=C(NC1CC2CC(C1)CC1CC1C2)[C@@H]1C2CC[C@H](C2)N1Cc1ccc(Cl)cc1. The normalized spacial score (nSPS) is 42.9. The summed E-state index contributed by atoms with van der Waals surface area (Å²) in [5.74, 6) is 4.65. The Balaban J connectivity index is 1.14. The highest BCUT2D eigenvalue weighted by atomic mass is 35.5. The molecule has 3 nitrogen and oxygen atoms in total. The molecule has 29 heavy (non-hydrogen) atoms. The number of carbonyl (C=O) groups excluding carboxylic acids is 1. The largest absolute Gasteiger partial charge is 0.352 e. The fourth-order valence-electron chi connectivity index (χ4n) is 7.57. The molecule has 6 rings (SSSR count). The second kappa shape index (κ2) is 7.27. The van der Waals surface area contributed by atoms with Crippen LogP contribution in [0.2, 0.25) is 5.02 Å². The van der Waals surface area contributed by atoms with Crippen LogP contribution in [0.25, 0.3) is 0 Å². The van der Waals surface area contributed by atoms with Crippen molar-refractivity contribution in [2.24, 2.45) is 29.6 Å². The topological polar surface area (TPSA) is 32.3 Å². The maximum absolute atomic E-state index is 13.5. The van der Waals surface area contributed by atoms with Crippen LogP contribution in [-0.4, -0.2) is 28.9 Å². The van der Waals surface area contributed by atoms with E-state index in [4.69, 9.17) is 11.6 Å². The van der Waals surface area contributed by atoms with Gasteiger partial charge >= 0.3 is 0 Å². The van der Waals surface area contributed by atoms with E-state index in [1.54, 1.807) is 0 Å². The number of fused-ring (bicyclic) bond motifs is 5. The number of halogens is 1. The van der Waals surface area contributed by atoms with E-state index >= 15 is 0 Å². The molecule has 156 valence electrons. The molecule has 0 radical (unpaired) electrons. The summed E-state index contributed by atoms with van der Waals surface area (Å²) in [5.41, 5.74) is 1.27. The molecule has 5 fully saturated rings. The molecule has 1 aromatic carbocycles. The summed E-state index contributed by atoms with van der Waals surface area (Å²) in [4.78, 5) is 16.0. The Kier molecular flexibility index (Phi) is 4.68. The Bertz CT molecular complexity index is 758. The van der Waals surface area contributed by atoms with Gasteiger partial charge in [-0.15, -0.1) is 0 Å². The van der Waals surface area contributed by atoms with Crippen LogP contribution in [0.5, 0.6) is 0 Å². The van der Waals surface area contributed by atoms with Crippen LogP contribution in [0.3, 0.4) is 0 Å². The number of likely N-dealkylation sites (tertiary alicyclic amines) is 1. The minimum absolute atomic E-state index is 0.0711. The molecule has 1 N–H and O–H groups in total. The average molecular weight is 413 g/mol. The van der Waals surface area contributed by atoms with Gasteiger partial charge in [-0.05, 0) is 105 Å². The summed E-state index contributed by atoms with van der Waals surface area (Å²) in [6.45, 7) is 0.871. The van der Waals surface area contributed by atoms with Gasteiger partial charge in [-0.2, -0.15) is 0 Å². The first-order chi connectivity index (χ1) is 14.1. The summed E-state index contributed by atoms with van der Waals surface area (Å²) < 4.78 is 0. The molecule has 4 saturated carbocycles. The van der Waals surface area contributed by atoms with Crippen LogP contribution in [-0.2, 0) is 11.3 Å². The van der Waals surface area contributed by atoms with E-state index in [9.17, 15) is 4.79 Å². The predicted octanol–water partition coefficient (Wildman–Crippen LogP) is 5.02. The smallest absolute Gasteiger partial charge is 0.237 e. The molecule has 4 heteroatoms. The summed E-state index contributed by atoms with van der Waals surface area (Å²) >= 11 is 6.06. The number of nitrogens with one attached hydrogen (secondary N) is 1. The second-order valence-corrected chi connectivity index (χ2v) is 11.3. The number of rotatable bonds is 4. The molecule has 7 atom stereocenters. The van der Waals surface area contributed by atoms with Gasteiger partial charge in [-0.1, -0.05) is 23.7 Å². The number of piperidine rings is 1. The third kappa shape index (κ3) is 3.63. The van der Waals surface area contributed by atoms with Gasteiger partial charge in [0.25, 0.3) is 0 Å². The lowest BCUT2D eigenvalue weighted by Crippen LogP contribution is -2.53. The van der Waals surface area contributed by atoms with Gasteiger partial charge in [0.1, 0.15) is 0 Å². The number of carbonyl (C=O) groups is 1. The van der Waals surface area contributed by atoms with Gasteiger partial charge in [-0.25, -0.2) is 0 Å². The van der Waals surface area contributed by atoms with Crippen LogP contribution < -0.4 is 5.32 Å². The standard InChI is InChI=1S/C25H33ClN2O/c26-21-4-1-15(2-5-21)14-28-23-6-3-18(13-23)24(28)25(29)27-22-10-16-7-17(11-22)9-20-12-19(20)8-16/h1-2,4-5,16-20,22-24H,3,6-14H2,(H,27,29)/t16?,17?,18?,19?,20?,22?,23-,24+/m1/s1. The van der Waals surface area contributed by atoms with Crippen molar-refractivity contribution in [2.45, 2.75) is 82.5 Å². The van der Waals surface area contributed by atoms with Crippen molar-refractivity contribution >= 4 is 17.5 Å². The van der Waals surface area contributed by atoms with Crippen molar-refractivity contribution in [3.63, 3.8) is 0 Å². The zero-order chi connectivity index (χ0) is 19.5. The van der Waals surface area contributed by atoms with Crippen LogP contribution in [0, 0.1) is 29.6 Å². The van der Waals surface area contributed by atoms with Gasteiger partial charge in [-0.3, -0.25) is 9.69 Å². The molecule has 4 bridgehead atoms. The van der Waals surface area contributed by atoms with Gasteiger partial charge in [0.05, 0.1) is 6.04 Å². The van der Waals surface area contributed by atoms with Crippen molar-refractivity contribution in [3.05, 3.63) is 34.9 Å². The number of hydrogen-bond acceptors (Lipinski definition) is 2. The maximum Gasteiger partial charge on any atom is 0.237 e. The van der Waals surface area contributed by atoms with Crippen molar-refractivity contribution in [3.8, 4) is 0 Å². The van der Waals surface area contributed by atoms with E-state index in [1.807, 2.05) is 12.1 Å². The lowest BCUT2D eigenvalue weighted by Gasteiger charge is -2.38. The maximum atomic E-state index is 13.5. The molecule has 4 aliphatic carbocycles. The fourth-order valence-corrected chi connectivity index (χ4v) is 7.69. The molecule has 5 unspecified atom stereocenters. The van der Waals surface area contributed by atoms with Crippen LogP contribution in [0.15, 0.2) is 24.3 Å². The van der Waals surface area contributed by atoms with E-state index in [1.165, 1.54) is 63.4 Å². The highest BCUT2D eigenvalue weighted by molar-refractivity contribution is 6.30. The zero-order valence-electron chi connectivity index (χ0n) is 17.2.